The number of benzene rings is 1. The Morgan fingerprint density at radius 2 is 2.22 bits per heavy atom. The summed E-state index contributed by atoms with van der Waals surface area (Å²) < 4.78 is 12.8. The predicted octanol–water partition coefficient (Wildman–Crippen LogP) is 2.41. The van der Waals surface area contributed by atoms with Crippen molar-refractivity contribution >= 4 is 5.82 Å². The van der Waals surface area contributed by atoms with Gasteiger partial charge in [0.15, 0.2) is 0 Å². The third kappa shape index (κ3) is 2.55. The maximum Gasteiger partial charge on any atom is 0.144 e. The van der Waals surface area contributed by atoms with Crippen molar-refractivity contribution in [2.45, 2.75) is 6.54 Å². The summed E-state index contributed by atoms with van der Waals surface area (Å²) in [5, 5.41) is 21.3. The van der Waals surface area contributed by atoms with Crippen molar-refractivity contribution in [2.24, 2.45) is 0 Å². The van der Waals surface area contributed by atoms with E-state index in [1.54, 1.807) is 18.3 Å². The Kier molecular flexibility index (Phi) is 3.39. The van der Waals surface area contributed by atoms with Crippen LogP contribution < -0.4 is 5.32 Å². The van der Waals surface area contributed by atoms with Gasteiger partial charge in [-0.1, -0.05) is 6.07 Å². The third-order valence-corrected chi connectivity index (χ3v) is 2.42. The number of halogens is 1. The molecule has 0 spiro atoms. The largest absolute Gasteiger partial charge is 0.507 e. The Bertz CT molecular complexity index is 607. The average molecular weight is 243 g/mol. The minimum absolute atomic E-state index is 0.128. The number of nitrogens with one attached hydrogen (secondary N) is 1. The lowest BCUT2D eigenvalue weighted by atomic mass is 10.2. The van der Waals surface area contributed by atoms with Crippen molar-refractivity contribution in [1.29, 1.82) is 5.26 Å². The van der Waals surface area contributed by atoms with Crippen LogP contribution in [-0.4, -0.2) is 10.1 Å². The van der Waals surface area contributed by atoms with Crippen molar-refractivity contribution in [3.63, 3.8) is 0 Å². The highest BCUT2D eigenvalue weighted by Crippen LogP contribution is 2.19. The van der Waals surface area contributed by atoms with Gasteiger partial charge in [-0.15, -0.1) is 0 Å². The molecule has 5 heteroatoms. The number of pyridine rings is 1. The molecule has 0 aliphatic rings. The second-order valence-corrected chi connectivity index (χ2v) is 3.64. The Morgan fingerprint density at radius 3 is 2.94 bits per heavy atom. The number of hydrogen-bond acceptors (Lipinski definition) is 4. The van der Waals surface area contributed by atoms with Gasteiger partial charge >= 0.3 is 0 Å². The van der Waals surface area contributed by atoms with Gasteiger partial charge in [-0.3, -0.25) is 0 Å². The van der Waals surface area contributed by atoms with Gasteiger partial charge in [0.25, 0.3) is 0 Å². The number of nitriles is 1. The highest BCUT2D eigenvalue weighted by atomic mass is 19.1. The molecule has 2 N–H and O–H groups in total. The molecule has 0 fully saturated rings. The highest BCUT2D eigenvalue weighted by molar-refractivity contribution is 5.51. The van der Waals surface area contributed by atoms with Crippen LogP contribution in [0, 0.1) is 17.1 Å². The second kappa shape index (κ2) is 5.15. The number of hydrogen-bond donors (Lipinski definition) is 2. The first-order valence-electron chi connectivity index (χ1n) is 5.27. The maximum absolute atomic E-state index is 12.8. The molecule has 0 amide bonds. The van der Waals surface area contributed by atoms with Crippen LogP contribution in [0.5, 0.6) is 5.75 Å². The zero-order valence-corrected chi connectivity index (χ0v) is 9.39. The van der Waals surface area contributed by atoms with E-state index in [4.69, 9.17) is 5.26 Å². The number of aromatic nitrogens is 1. The lowest BCUT2D eigenvalue weighted by molar-refractivity contribution is 0.463. The van der Waals surface area contributed by atoms with Crippen LogP contribution in [0.25, 0.3) is 0 Å². The molecule has 1 aromatic carbocycles. The smallest absolute Gasteiger partial charge is 0.144 e. The second-order valence-electron chi connectivity index (χ2n) is 3.64. The summed E-state index contributed by atoms with van der Waals surface area (Å²) in [4.78, 5) is 4.02. The number of phenols is 1. The molecular formula is C13H10FN3O. The number of phenolic OH excluding ortho intramolecular Hbond substituents is 1. The lowest BCUT2D eigenvalue weighted by Gasteiger charge is -2.08. The van der Waals surface area contributed by atoms with Crippen LogP contribution >= 0.6 is 0 Å². The van der Waals surface area contributed by atoms with E-state index in [2.05, 4.69) is 10.3 Å². The summed E-state index contributed by atoms with van der Waals surface area (Å²) in [5.41, 5.74) is 0.949. The van der Waals surface area contributed by atoms with Crippen molar-refractivity contribution in [1.82, 2.24) is 4.98 Å². The van der Waals surface area contributed by atoms with Gasteiger partial charge in [0.05, 0.1) is 5.56 Å². The monoisotopic (exact) mass is 243 g/mol. The van der Waals surface area contributed by atoms with E-state index in [-0.39, 0.29) is 12.3 Å². The normalized spacial score (nSPS) is 9.78. The van der Waals surface area contributed by atoms with E-state index < -0.39 is 5.82 Å². The molecule has 0 atom stereocenters. The quantitative estimate of drug-likeness (QED) is 0.868. The van der Waals surface area contributed by atoms with Gasteiger partial charge in [0.2, 0.25) is 0 Å². The first-order valence-corrected chi connectivity index (χ1v) is 5.27. The molecule has 4 nitrogen and oxygen atoms in total. The van der Waals surface area contributed by atoms with E-state index in [0.29, 0.717) is 16.9 Å². The summed E-state index contributed by atoms with van der Waals surface area (Å²) in [7, 11) is 0. The fraction of sp³-hybridized carbons (Fsp3) is 0.0769. The van der Waals surface area contributed by atoms with Crippen molar-refractivity contribution in [3.05, 3.63) is 53.5 Å². The topological polar surface area (TPSA) is 68.9 Å². The highest BCUT2D eigenvalue weighted by Gasteiger charge is 2.05. The Morgan fingerprint density at radius 1 is 1.39 bits per heavy atom. The minimum atomic E-state index is -0.494. The van der Waals surface area contributed by atoms with Crippen LogP contribution in [0.15, 0.2) is 36.5 Å². The zero-order valence-electron chi connectivity index (χ0n) is 9.39. The van der Waals surface area contributed by atoms with E-state index in [1.165, 1.54) is 12.1 Å². The maximum atomic E-state index is 12.8. The number of rotatable bonds is 3. The van der Waals surface area contributed by atoms with Crippen LogP contribution in [-0.2, 0) is 6.54 Å². The van der Waals surface area contributed by atoms with Crippen molar-refractivity contribution < 1.29 is 9.50 Å². The van der Waals surface area contributed by atoms with Crippen LogP contribution in [0.2, 0.25) is 0 Å². The van der Waals surface area contributed by atoms with Gasteiger partial charge in [-0.25, -0.2) is 9.37 Å². The molecule has 2 rings (SSSR count). The Labute approximate surface area is 103 Å². The van der Waals surface area contributed by atoms with Crippen LogP contribution in [0.3, 0.4) is 0 Å². The van der Waals surface area contributed by atoms with E-state index >= 15 is 0 Å². The molecule has 0 saturated heterocycles. The van der Waals surface area contributed by atoms with E-state index in [1.807, 2.05) is 6.07 Å². The molecule has 0 saturated carbocycles. The molecule has 0 radical (unpaired) electrons. The molecule has 1 heterocycles. The Balaban J connectivity index is 2.14. The summed E-state index contributed by atoms with van der Waals surface area (Å²) in [6.45, 7) is 0.262. The summed E-state index contributed by atoms with van der Waals surface area (Å²) in [6.07, 6.45) is 1.56. The number of nitrogens with zero attached hydrogens (tertiary/aromatic N) is 2. The standard InChI is InChI=1S/C13H10FN3O/c14-11-4-3-10(12(18)6-11)8-17-13-9(7-15)2-1-5-16-13/h1-6,18H,8H2,(H,16,17). The van der Waals surface area contributed by atoms with Gasteiger partial charge in [0.1, 0.15) is 23.5 Å². The lowest BCUT2D eigenvalue weighted by Crippen LogP contribution is -2.03. The fourth-order valence-corrected chi connectivity index (χ4v) is 1.50. The van der Waals surface area contributed by atoms with Gasteiger partial charge in [-0.2, -0.15) is 5.26 Å². The summed E-state index contributed by atoms with van der Waals surface area (Å²) in [5.74, 6) is -0.188. The molecule has 0 aliphatic heterocycles. The molecule has 18 heavy (non-hydrogen) atoms. The fourth-order valence-electron chi connectivity index (χ4n) is 1.50. The van der Waals surface area contributed by atoms with Crippen LogP contribution in [0.4, 0.5) is 10.2 Å². The molecular weight excluding hydrogens is 233 g/mol. The average Bonchev–Trinajstić information content (AvgIpc) is 2.38. The molecule has 0 unspecified atom stereocenters. The molecule has 90 valence electrons. The molecule has 0 bridgehead atoms. The van der Waals surface area contributed by atoms with E-state index in [0.717, 1.165) is 6.07 Å². The number of anilines is 1. The van der Waals surface area contributed by atoms with Gasteiger partial charge < -0.3 is 10.4 Å². The van der Waals surface area contributed by atoms with Crippen molar-refractivity contribution in [2.75, 3.05) is 5.32 Å². The van der Waals surface area contributed by atoms with E-state index in [9.17, 15) is 9.50 Å². The molecule has 1 aromatic heterocycles. The summed E-state index contributed by atoms with van der Waals surface area (Å²) in [6, 6.07) is 9.10. The predicted molar refractivity (Wildman–Crippen MR) is 64.3 cm³/mol. The third-order valence-electron chi connectivity index (χ3n) is 2.42. The van der Waals surface area contributed by atoms with Crippen LogP contribution in [0.1, 0.15) is 11.1 Å². The Hall–Kier alpha value is -2.61. The van der Waals surface area contributed by atoms with Crippen molar-refractivity contribution in [3.8, 4) is 11.8 Å². The summed E-state index contributed by atoms with van der Waals surface area (Å²) >= 11 is 0. The molecule has 2 aromatic rings. The first-order chi connectivity index (χ1) is 8.70. The first kappa shape index (κ1) is 11.9. The molecule has 0 aliphatic carbocycles. The zero-order chi connectivity index (χ0) is 13.0. The minimum Gasteiger partial charge on any atom is -0.507 e. The van der Waals surface area contributed by atoms with Gasteiger partial charge in [0, 0.05) is 24.4 Å². The SMILES string of the molecule is N#Cc1cccnc1NCc1ccc(F)cc1O. The van der Waals surface area contributed by atoms with Gasteiger partial charge in [-0.05, 0) is 18.2 Å². The number of aromatic hydroxyl groups is 1.